The number of piperazine rings is 1. The van der Waals surface area contributed by atoms with Crippen LogP contribution < -0.4 is 5.32 Å². The predicted octanol–water partition coefficient (Wildman–Crippen LogP) is 1.20. The third-order valence-electron chi connectivity index (χ3n) is 3.20. The summed E-state index contributed by atoms with van der Waals surface area (Å²) in [4.78, 5) is 34.2. The molecule has 1 aromatic rings. The molecule has 0 atom stereocenters. The van der Waals surface area contributed by atoms with Crippen molar-refractivity contribution in [2.75, 3.05) is 19.3 Å². The van der Waals surface area contributed by atoms with Gasteiger partial charge in [0.05, 0.1) is 11.2 Å². The van der Waals surface area contributed by atoms with Crippen molar-refractivity contribution in [3.63, 3.8) is 0 Å². The molecule has 1 N–H and O–H groups in total. The summed E-state index contributed by atoms with van der Waals surface area (Å²) in [7, 11) is 0. The van der Waals surface area contributed by atoms with Crippen molar-refractivity contribution in [1.82, 2.24) is 20.2 Å². The van der Waals surface area contributed by atoms with Gasteiger partial charge in [0.15, 0.2) is 10.9 Å². The van der Waals surface area contributed by atoms with Gasteiger partial charge in [-0.05, 0) is 20.1 Å². The molecule has 20 heavy (non-hydrogen) atoms. The summed E-state index contributed by atoms with van der Waals surface area (Å²) in [6.45, 7) is 4.24. The van der Waals surface area contributed by atoms with Crippen LogP contribution in [0.15, 0.2) is 11.4 Å². The van der Waals surface area contributed by atoms with Crippen LogP contribution in [0.2, 0.25) is 5.02 Å². The van der Waals surface area contributed by atoms with Gasteiger partial charge in [0.2, 0.25) is 5.91 Å². The highest BCUT2D eigenvalue weighted by molar-refractivity contribution is 7.98. The van der Waals surface area contributed by atoms with E-state index in [1.165, 1.54) is 22.9 Å². The molecule has 0 saturated carbocycles. The Balaban J connectivity index is 2.38. The summed E-state index contributed by atoms with van der Waals surface area (Å²) in [6, 6.07) is 0. The lowest BCUT2D eigenvalue weighted by molar-refractivity contribution is -0.133. The van der Waals surface area contributed by atoms with E-state index in [0.717, 1.165) is 0 Å². The minimum absolute atomic E-state index is 0.133. The lowest BCUT2D eigenvalue weighted by Gasteiger charge is -2.41. The number of nitrogens with one attached hydrogen (secondary N) is 1. The quantitative estimate of drug-likeness (QED) is 0.656. The number of carbonyl (C=O) groups excluding carboxylic acids is 2. The molecule has 2 heterocycles. The first-order valence-corrected chi connectivity index (χ1v) is 7.65. The Kier molecular flexibility index (Phi) is 4.19. The Morgan fingerprint density at radius 1 is 1.55 bits per heavy atom. The first-order chi connectivity index (χ1) is 9.37. The number of hydrogen-bond donors (Lipinski definition) is 1. The molecule has 1 aliphatic rings. The molecule has 0 aliphatic carbocycles. The zero-order valence-corrected chi connectivity index (χ0v) is 13.0. The van der Waals surface area contributed by atoms with Crippen LogP contribution in [0.4, 0.5) is 0 Å². The number of halogens is 1. The maximum Gasteiger partial charge on any atom is 0.275 e. The first-order valence-electron chi connectivity index (χ1n) is 6.04. The van der Waals surface area contributed by atoms with E-state index in [1.54, 1.807) is 13.8 Å². The van der Waals surface area contributed by atoms with Crippen LogP contribution >= 0.6 is 23.4 Å². The lowest BCUT2D eigenvalue weighted by Crippen LogP contribution is -2.63. The van der Waals surface area contributed by atoms with Crippen molar-refractivity contribution in [2.45, 2.75) is 24.5 Å². The number of hydrogen-bond acceptors (Lipinski definition) is 5. The molecule has 0 unspecified atom stereocenters. The molecule has 2 rings (SSSR count). The van der Waals surface area contributed by atoms with Crippen LogP contribution in [-0.2, 0) is 4.79 Å². The zero-order valence-electron chi connectivity index (χ0n) is 11.4. The van der Waals surface area contributed by atoms with Crippen molar-refractivity contribution < 1.29 is 9.59 Å². The topological polar surface area (TPSA) is 75.2 Å². The third kappa shape index (κ3) is 2.60. The van der Waals surface area contributed by atoms with E-state index < -0.39 is 5.54 Å². The van der Waals surface area contributed by atoms with Crippen molar-refractivity contribution in [1.29, 1.82) is 0 Å². The molecule has 0 spiro atoms. The van der Waals surface area contributed by atoms with Crippen LogP contribution in [0, 0.1) is 0 Å². The molecular weight excluding hydrogens is 300 g/mol. The summed E-state index contributed by atoms with van der Waals surface area (Å²) in [5.41, 5.74) is -0.794. The van der Waals surface area contributed by atoms with Gasteiger partial charge in [-0.25, -0.2) is 9.97 Å². The van der Waals surface area contributed by atoms with Crippen molar-refractivity contribution in [3.05, 3.63) is 16.9 Å². The third-order valence-corrected chi connectivity index (χ3v) is 4.04. The van der Waals surface area contributed by atoms with Crippen LogP contribution in [0.5, 0.6) is 0 Å². The summed E-state index contributed by atoms with van der Waals surface area (Å²) < 4.78 is 0. The predicted molar refractivity (Wildman–Crippen MR) is 76.9 cm³/mol. The molecule has 0 radical (unpaired) electrons. The summed E-state index contributed by atoms with van der Waals surface area (Å²) >= 11 is 7.34. The number of amides is 2. The molecule has 1 fully saturated rings. The van der Waals surface area contributed by atoms with E-state index in [9.17, 15) is 9.59 Å². The van der Waals surface area contributed by atoms with Gasteiger partial charge in [-0.2, -0.15) is 0 Å². The maximum absolute atomic E-state index is 12.6. The molecular formula is C12H15ClN4O2S. The SMILES string of the molecule is CSc1ncc(Cl)c(C(=O)N2CCNC(=O)C2(C)C)n1. The molecule has 1 aliphatic heterocycles. The molecule has 0 aromatic carbocycles. The van der Waals surface area contributed by atoms with Gasteiger partial charge in [0.25, 0.3) is 5.91 Å². The molecule has 6 nitrogen and oxygen atoms in total. The Hall–Kier alpha value is -1.34. The van der Waals surface area contributed by atoms with Gasteiger partial charge in [-0.3, -0.25) is 9.59 Å². The fourth-order valence-corrected chi connectivity index (χ4v) is 2.49. The second-order valence-electron chi connectivity index (χ2n) is 4.82. The van der Waals surface area contributed by atoms with Gasteiger partial charge in [-0.15, -0.1) is 0 Å². The largest absolute Gasteiger partial charge is 0.352 e. The van der Waals surface area contributed by atoms with E-state index in [-0.39, 0.29) is 22.5 Å². The molecule has 1 aromatic heterocycles. The van der Waals surface area contributed by atoms with Crippen molar-refractivity contribution >= 4 is 35.2 Å². The van der Waals surface area contributed by atoms with E-state index in [4.69, 9.17) is 11.6 Å². The maximum atomic E-state index is 12.6. The number of nitrogens with zero attached hydrogens (tertiary/aromatic N) is 3. The van der Waals surface area contributed by atoms with Crippen LogP contribution in [-0.4, -0.2) is 51.6 Å². The van der Waals surface area contributed by atoms with E-state index in [1.807, 2.05) is 6.26 Å². The van der Waals surface area contributed by atoms with Gasteiger partial charge in [0, 0.05) is 13.1 Å². The van der Waals surface area contributed by atoms with Crippen molar-refractivity contribution in [3.8, 4) is 0 Å². The Morgan fingerprint density at radius 2 is 2.25 bits per heavy atom. The van der Waals surface area contributed by atoms with E-state index >= 15 is 0 Å². The van der Waals surface area contributed by atoms with Gasteiger partial charge < -0.3 is 10.2 Å². The van der Waals surface area contributed by atoms with E-state index in [2.05, 4.69) is 15.3 Å². The highest BCUT2D eigenvalue weighted by atomic mass is 35.5. The fourth-order valence-electron chi connectivity index (χ4n) is 1.98. The highest BCUT2D eigenvalue weighted by Gasteiger charge is 2.41. The van der Waals surface area contributed by atoms with Crippen LogP contribution in [0.25, 0.3) is 0 Å². The molecule has 1 saturated heterocycles. The number of carbonyl (C=O) groups is 2. The average molecular weight is 315 g/mol. The number of thioether (sulfide) groups is 1. The summed E-state index contributed by atoms with van der Waals surface area (Å²) in [5.74, 6) is -0.542. The number of rotatable bonds is 2. The van der Waals surface area contributed by atoms with E-state index in [0.29, 0.717) is 18.2 Å². The molecule has 8 heteroatoms. The Morgan fingerprint density at radius 3 is 2.90 bits per heavy atom. The molecule has 108 valence electrons. The molecule has 2 amide bonds. The minimum atomic E-state index is -0.927. The molecule has 0 bridgehead atoms. The smallest absolute Gasteiger partial charge is 0.275 e. The highest BCUT2D eigenvalue weighted by Crippen LogP contribution is 2.24. The lowest BCUT2D eigenvalue weighted by atomic mass is 9.98. The Labute approximate surface area is 126 Å². The zero-order chi connectivity index (χ0) is 14.9. The number of aromatic nitrogens is 2. The Bertz CT molecular complexity index is 564. The monoisotopic (exact) mass is 314 g/mol. The normalized spacial score (nSPS) is 17.8. The van der Waals surface area contributed by atoms with Crippen molar-refractivity contribution in [2.24, 2.45) is 0 Å². The van der Waals surface area contributed by atoms with Crippen LogP contribution in [0.3, 0.4) is 0 Å². The van der Waals surface area contributed by atoms with Crippen LogP contribution in [0.1, 0.15) is 24.3 Å². The minimum Gasteiger partial charge on any atom is -0.352 e. The van der Waals surface area contributed by atoms with Gasteiger partial charge >= 0.3 is 0 Å². The standard InChI is InChI=1S/C12H15ClN4O2S/c1-12(2)10(19)14-4-5-17(12)9(18)8-7(13)6-15-11(16-8)20-3/h6H,4-5H2,1-3H3,(H,14,19). The summed E-state index contributed by atoms with van der Waals surface area (Å²) in [6.07, 6.45) is 3.22. The fraction of sp³-hybridized carbons (Fsp3) is 0.500. The summed E-state index contributed by atoms with van der Waals surface area (Å²) in [5, 5.41) is 3.40. The van der Waals surface area contributed by atoms with Gasteiger partial charge in [0.1, 0.15) is 5.54 Å². The second kappa shape index (κ2) is 5.57. The second-order valence-corrected chi connectivity index (χ2v) is 6.01. The average Bonchev–Trinajstić information content (AvgIpc) is 2.41. The first kappa shape index (κ1) is 15.1. The van der Waals surface area contributed by atoms with Gasteiger partial charge in [-0.1, -0.05) is 23.4 Å².